The molecule has 0 bridgehead atoms. The molecule has 9 heteroatoms. The Morgan fingerprint density at radius 1 is 1.08 bits per heavy atom. The average molecular weight is 370 g/mol. The van der Waals surface area contributed by atoms with Crippen molar-refractivity contribution in [3.63, 3.8) is 0 Å². The van der Waals surface area contributed by atoms with Crippen molar-refractivity contribution < 1.29 is 40.8 Å². The lowest BCUT2D eigenvalue weighted by Gasteiger charge is -2.28. The lowest BCUT2D eigenvalue weighted by Crippen LogP contribution is -3.14. The van der Waals surface area contributed by atoms with Gasteiger partial charge >= 0.3 is 18.3 Å². The van der Waals surface area contributed by atoms with Gasteiger partial charge in [0.15, 0.2) is 0 Å². The topological polar surface area (TPSA) is 30.7 Å². The predicted molar refractivity (Wildman–Crippen MR) is 76.1 cm³/mol. The van der Waals surface area contributed by atoms with Crippen molar-refractivity contribution in [3.8, 4) is 0 Å². The van der Waals surface area contributed by atoms with E-state index in [1.165, 1.54) is 0 Å². The minimum absolute atomic E-state index is 0.436. The Labute approximate surface area is 140 Å². The molecule has 0 aromatic heterocycles. The maximum atomic E-state index is 13.1. The minimum atomic E-state index is -4.78. The molecule has 2 rings (SSSR count). The lowest BCUT2D eigenvalue weighted by atomic mass is 10.1. The number of hydrogen-bond donors (Lipinski definition) is 1. The van der Waals surface area contributed by atoms with Crippen LogP contribution >= 0.6 is 0 Å². The van der Waals surface area contributed by atoms with Gasteiger partial charge in [-0.2, -0.15) is 26.3 Å². The van der Waals surface area contributed by atoms with Crippen LogP contribution in [0.5, 0.6) is 0 Å². The lowest BCUT2D eigenvalue weighted by molar-refractivity contribution is -0.909. The molecule has 3 nitrogen and oxygen atoms in total. The van der Waals surface area contributed by atoms with E-state index in [-0.39, 0.29) is 0 Å². The van der Waals surface area contributed by atoms with E-state index < -0.39 is 42.1 Å². The quantitative estimate of drug-likeness (QED) is 0.653. The number of piperidine rings is 1. The van der Waals surface area contributed by atoms with Crippen LogP contribution in [0.3, 0.4) is 0 Å². The van der Waals surface area contributed by atoms with Crippen LogP contribution in [0.25, 0.3) is 0 Å². The van der Waals surface area contributed by atoms with Gasteiger partial charge in [-0.3, -0.25) is 0 Å². The van der Waals surface area contributed by atoms with Crippen LogP contribution in [0.1, 0.15) is 35.2 Å². The Kier molecular flexibility index (Phi) is 5.97. The number of ether oxygens (including phenoxy) is 1. The fourth-order valence-electron chi connectivity index (χ4n) is 2.76. The first-order valence-corrected chi connectivity index (χ1v) is 7.86. The number of quaternary nitrogens is 1. The number of hydrogen-bond acceptors (Lipinski definition) is 2. The summed E-state index contributed by atoms with van der Waals surface area (Å²) in [4.78, 5) is 12.6. The standard InChI is InChI=1S/C16H17F6NO2/c17-15(18,19)12-6-4-5-11(9-12)14(24)25-13(16(20,21)22)10-23-7-2-1-3-8-23/h4-6,9,13H,1-3,7-8,10H2/p+1/t13-/m1/s1. The maximum Gasteiger partial charge on any atom is 0.431 e. The van der Waals surface area contributed by atoms with Gasteiger partial charge < -0.3 is 9.64 Å². The fraction of sp³-hybridized carbons (Fsp3) is 0.562. The van der Waals surface area contributed by atoms with Gasteiger partial charge in [0, 0.05) is 0 Å². The summed E-state index contributed by atoms with van der Waals surface area (Å²) < 4.78 is 81.9. The van der Waals surface area contributed by atoms with Gasteiger partial charge in [-0.15, -0.1) is 0 Å². The van der Waals surface area contributed by atoms with Crippen LogP contribution in [0, 0.1) is 0 Å². The van der Waals surface area contributed by atoms with E-state index in [9.17, 15) is 31.1 Å². The summed E-state index contributed by atoms with van der Waals surface area (Å²) in [6.07, 6.45) is -9.28. The number of rotatable bonds is 4. The van der Waals surface area contributed by atoms with Crippen molar-refractivity contribution in [1.29, 1.82) is 0 Å². The summed E-state index contributed by atoms with van der Waals surface area (Å²) in [5.41, 5.74) is -1.68. The van der Waals surface area contributed by atoms with Crippen LogP contribution < -0.4 is 4.90 Å². The van der Waals surface area contributed by atoms with E-state index in [1.807, 2.05) is 0 Å². The normalized spacial score (nSPS) is 18.0. The third-order valence-corrected chi connectivity index (χ3v) is 4.07. The summed E-state index contributed by atoms with van der Waals surface area (Å²) in [7, 11) is 0. The van der Waals surface area contributed by atoms with E-state index in [0.717, 1.165) is 37.5 Å². The molecular weight excluding hydrogens is 352 g/mol. The van der Waals surface area contributed by atoms with Gasteiger partial charge in [0.1, 0.15) is 6.54 Å². The zero-order chi connectivity index (χ0) is 18.7. The monoisotopic (exact) mass is 370 g/mol. The summed E-state index contributed by atoms with van der Waals surface area (Å²) in [5.74, 6) is -1.41. The highest BCUT2D eigenvalue weighted by Gasteiger charge is 2.46. The van der Waals surface area contributed by atoms with E-state index >= 15 is 0 Å². The molecule has 140 valence electrons. The first-order chi connectivity index (χ1) is 11.6. The summed E-state index contributed by atoms with van der Waals surface area (Å²) in [6.45, 7) is 0.662. The van der Waals surface area contributed by atoms with Gasteiger partial charge in [-0.1, -0.05) is 6.07 Å². The predicted octanol–water partition coefficient (Wildman–Crippen LogP) is 2.86. The Balaban J connectivity index is 2.11. The van der Waals surface area contributed by atoms with Crippen LogP contribution in [0.2, 0.25) is 0 Å². The van der Waals surface area contributed by atoms with Crippen molar-refractivity contribution >= 4 is 5.97 Å². The van der Waals surface area contributed by atoms with Crippen LogP contribution in [-0.4, -0.2) is 37.9 Å². The maximum absolute atomic E-state index is 13.1. The molecular formula is C16H18F6NO2+. The number of alkyl halides is 6. The zero-order valence-corrected chi connectivity index (χ0v) is 13.2. The van der Waals surface area contributed by atoms with Crippen LogP contribution in [0.4, 0.5) is 26.3 Å². The smallest absolute Gasteiger partial charge is 0.431 e. The molecule has 0 aliphatic carbocycles. The minimum Gasteiger partial charge on any atom is -0.443 e. The average Bonchev–Trinajstić information content (AvgIpc) is 2.53. The molecule has 0 saturated carbocycles. The van der Waals surface area contributed by atoms with E-state index in [2.05, 4.69) is 4.74 Å². The summed E-state index contributed by atoms with van der Waals surface area (Å²) >= 11 is 0. The van der Waals surface area contributed by atoms with E-state index in [0.29, 0.717) is 24.1 Å². The van der Waals surface area contributed by atoms with Gasteiger partial charge in [0.25, 0.3) is 0 Å². The number of carbonyl (C=O) groups is 1. The Morgan fingerprint density at radius 2 is 1.72 bits per heavy atom. The molecule has 1 saturated heterocycles. The van der Waals surface area contributed by atoms with Gasteiger partial charge in [0.2, 0.25) is 6.10 Å². The fourth-order valence-corrected chi connectivity index (χ4v) is 2.76. The summed E-state index contributed by atoms with van der Waals surface area (Å²) in [6, 6.07) is 3.18. The third-order valence-electron chi connectivity index (χ3n) is 4.07. The van der Waals surface area contributed by atoms with Crippen LogP contribution in [-0.2, 0) is 10.9 Å². The molecule has 1 atom stereocenters. The van der Waals surface area contributed by atoms with Crippen molar-refractivity contribution in [3.05, 3.63) is 35.4 Å². The van der Waals surface area contributed by atoms with Gasteiger partial charge in [0.05, 0.1) is 24.2 Å². The number of carbonyl (C=O) groups excluding carboxylic acids is 1. The largest absolute Gasteiger partial charge is 0.443 e. The number of esters is 1. The number of nitrogens with one attached hydrogen (secondary N) is 1. The molecule has 1 aromatic rings. The highest BCUT2D eigenvalue weighted by molar-refractivity contribution is 5.89. The SMILES string of the molecule is O=C(O[C@H](C[NH+]1CCCCC1)C(F)(F)F)c1cccc(C(F)(F)F)c1. The number of halogens is 6. The van der Waals surface area contributed by atoms with E-state index in [1.54, 1.807) is 0 Å². The highest BCUT2D eigenvalue weighted by atomic mass is 19.4. The highest BCUT2D eigenvalue weighted by Crippen LogP contribution is 2.30. The molecule has 1 fully saturated rings. The number of benzene rings is 1. The molecule has 1 heterocycles. The molecule has 0 radical (unpaired) electrons. The molecule has 1 aromatic carbocycles. The zero-order valence-electron chi connectivity index (χ0n) is 13.2. The van der Waals surface area contributed by atoms with Crippen molar-refractivity contribution in [2.45, 2.75) is 37.7 Å². The summed E-state index contributed by atoms with van der Waals surface area (Å²) in [5, 5.41) is 0. The first kappa shape index (κ1) is 19.6. The molecule has 1 aliphatic heterocycles. The number of likely N-dealkylation sites (tertiary alicyclic amines) is 1. The van der Waals surface area contributed by atoms with Gasteiger partial charge in [-0.05, 0) is 37.5 Å². The Bertz CT molecular complexity index is 593. The van der Waals surface area contributed by atoms with Crippen molar-refractivity contribution in [2.75, 3.05) is 19.6 Å². The second-order valence-electron chi connectivity index (χ2n) is 6.03. The van der Waals surface area contributed by atoms with E-state index in [4.69, 9.17) is 0 Å². The molecule has 0 amide bonds. The Morgan fingerprint density at radius 3 is 2.28 bits per heavy atom. The second-order valence-corrected chi connectivity index (χ2v) is 6.03. The van der Waals surface area contributed by atoms with Gasteiger partial charge in [-0.25, -0.2) is 4.79 Å². The first-order valence-electron chi connectivity index (χ1n) is 7.86. The van der Waals surface area contributed by atoms with Crippen molar-refractivity contribution in [1.82, 2.24) is 0 Å². The molecule has 0 spiro atoms. The van der Waals surface area contributed by atoms with Crippen molar-refractivity contribution in [2.24, 2.45) is 0 Å². The molecule has 1 N–H and O–H groups in total. The second kappa shape index (κ2) is 7.63. The van der Waals surface area contributed by atoms with Crippen LogP contribution in [0.15, 0.2) is 24.3 Å². The third kappa shape index (κ3) is 5.62. The Hall–Kier alpha value is -1.77. The molecule has 0 unspecified atom stereocenters. The molecule has 25 heavy (non-hydrogen) atoms. The molecule has 1 aliphatic rings.